The van der Waals surface area contributed by atoms with Gasteiger partial charge in [-0.2, -0.15) is 5.10 Å². The molecule has 3 aromatic rings. The van der Waals surface area contributed by atoms with Gasteiger partial charge in [0.15, 0.2) is 0 Å². The third-order valence-electron chi connectivity index (χ3n) is 3.68. The lowest BCUT2D eigenvalue weighted by Crippen LogP contribution is -2.28. The van der Waals surface area contributed by atoms with Crippen molar-refractivity contribution < 1.29 is 9.63 Å². The van der Waals surface area contributed by atoms with Crippen LogP contribution in [-0.2, 0) is 9.63 Å². The Morgan fingerprint density at radius 1 is 1.26 bits per heavy atom. The van der Waals surface area contributed by atoms with Crippen LogP contribution in [0.1, 0.15) is 12.0 Å². The minimum Gasteiger partial charge on any atom is -0.382 e. The number of nitrogens with zero attached hydrogens (tertiary/aromatic N) is 3. The maximum Gasteiger partial charge on any atom is 0.268 e. The predicted molar refractivity (Wildman–Crippen MR) is 85.0 cm³/mol. The third-order valence-corrected chi connectivity index (χ3v) is 3.68. The summed E-state index contributed by atoms with van der Waals surface area (Å²) in [6, 6.07) is 9.23. The lowest BCUT2D eigenvalue weighted by atomic mass is 10.1. The molecule has 0 radical (unpaired) electrons. The average molecular weight is 307 g/mol. The van der Waals surface area contributed by atoms with Gasteiger partial charge in [0.2, 0.25) is 6.10 Å². The van der Waals surface area contributed by atoms with Crippen LogP contribution in [0.25, 0.3) is 10.9 Å². The van der Waals surface area contributed by atoms with E-state index in [0.29, 0.717) is 12.1 Å². The van der Waals surface area contributed by atoms with E-state index in [0.717, 1.165) is 22.2 Å². The predicted octanol–water partition coefficient (Wildman–Crippen LogP) is 2.09. The molecule has 2 N–H and O–H groups in total. The van der Waals surface area contributed by atoms with E-state index in [1.807, 2.05) is 30.3 Å². The summed E-state index contributed by atoms with van der Waals surface area (Å²) in [5, 5.41) is 14.6. The van der Waals surface area contributed by atoms with Crippen LogP contribution in [-0.4, -0.2) is 32.9 Å². The number of rotatable bonds is 3. The summed E-state index contributed by atoms with van der Waals surface area (Å²) in [5.74, 6) is -0.222. The van der Waals surface area contributed by atoms with Gasteiger partial charge in [0.05, 0.1) is 17.4 Å². The van der Waals surface area contributed by atoms with Crippen LogP contribution in [0.2, 0.25) is 0 Å². The topological polar surface area (TPSA) is 92.3 Å². The molecule has 1 amide bonds. The number of hydrogen-bond acceptors (Lipinski definition) is 5. The molecule has 0 fully saturated rings. The van der Waals surface area contributed by atoms with Gasteiger partial charge in [-0.15, -0.1) is 0 Å². The molecule has 2 aromatic heterocycles. The molecule has 4 rings (SSSR count). The number of hydrogen-bond donors (Lipinski definition) is 2. The van der Waals surface area contributed by atoms with Gasteiger partial charge in [0, 0.05) is 35.5 Å². The van der Waals surface area contributed by atoms with Crippen LogP contribution in [0.15, 0.2) is 54.1 Å². The zero-order chi connectivity index (χ0) is 15.6. The van der Waals surface area contributed by atoms with E-state index < -0.39 is 6.10 Å². The average Bonchev–Trinajstić information content (AvgIpc) is 3.24. The fourth-order valence-corrected chi connectivity index (χ4v) is 2.48. The Labute approximate surface area is 131 Å². The quantitative estimate of drug-likeness (QED) is 0.775. The van der Waals surface area contributed by atoms with Gasteiger partial charge in [-0.3, -0.25) is 14.9 Å². The van der Waals surface area contributed by atoms with Gasteiger partial charge in [0.25, 0.3) is 5.91 Å². The highest BCUT2D eigenvalue weighted by molar-refractivity contribution is 6.06. The number of benzene rings is 1. The van der Waals surface area contributed by atoms with Gasteiger partial charge < -0.3 is 10.2 Å². The Morgan fingerprint density at radius 2 is 2.13 bits per heavy atom. The van der Waals surface area contributed by atoms with Crippen LogP contribution in [0.3, 0.4) is 0 Å². The van der Waals surface area contributed by atoms with Crippen molar-refractivity contribution in [2.45, 2.75) is 12.5 Å². The SMILES string of the molecule is O=C(Nc1ccc2[nH]ncc2c1)C1CC(c2ccncc2)=NO1. The Balaban J connectivity index is 1.44. The van der Waals surface area contributed by atoms with E-state index in [1.165, 1.54) is 0 Å². The monoisotopic (exact) mass is 307 g/mol. The highest BCUT2D eigenvalue weighted by Crippen LogP contribution is 2.20. The number of anilines is 1. The van der Waals surface area contributed by atoms with Gasteiger partial charge in [-0.05, 0) is 30.3 Å². The molecule has 1 aliphatic rings. The number of aromatic nitrogens is 3. The molecule has 0 aliphatic carbocycles. The molecule has 0 spiro atoms. The van der Waals surface area contributed by atoms with Crippen LogP contribution in [0, 0.1) is 0 Å². The van der Waals surface area contributed by atoms with Crippen molar-refractivity contribution in [2.24, 2.45) is 5.16 Å². The van der Waals surface area contributed by atoms with Gasteiger partial charge >= 0.3 is 0 Å². The summed E-state index contributed by atoms with van der Waals surface area (Å²) in [4.78, 5) is 21.5. The first-order valence-corrected chi connectivity index (χ1v) is 7.17. The van der Waals surface area contributed by atoms with Crippen molar-refractivity contribution in [3.8, 4) is 0 Å². The first kappa shape index (κ1) is 13.4. The van der Waals surface area contributed by atoms with Crippen molar-refractivity contribution in [3.05, 3.63) is 54.5 Å². The maximum atomic E-state index is 12.3. The first-order valence-electron chi connectivity index (χ1n) is 7.17. The summed E-state index contributed by atoms with van der Waals surface area (Å²) < 4.78 is 0. The molecule has 114 valence electrons. The van der Waals surface area contributed by atoms with Gasteiger partial charge in [-0.25, -0.2) is 0 Å². The van der Waals surface area contributed by atoms with E-state index in [-0.39, 0.29) is 5.91 Å². The summed E-state index contributed by atoms with van der Waals surface area (Å²) in [6.45, 7) is 0. The summed E-state index contributed by atoms with van der Waals surface area (Å²) >= 11 is 0. The van der Waals surface area contributed by atoms with Crippen LogP contribution in [0.4, 0.5) is 5.69 Å². The lowest BCUT2D eigenvalue weighted by Gasteiger charge is -2.09. The second-order valence-corrected chi connectivity index (χ2v) is 5.23. The standard InChI is InChI=1S/C16H13N5O2/c22-16(19-12-1-2-13-11(7-12)9-18-20-13)15-8-14(21-23-15)10-3-5-17-6-4-10/h1-7,9,15H,8H2,(H,18,20)(H,19,22). The van der Waals surface area contributed by atoms with E-state index in [9.17, 15) is 4.79 Å². The largest absolute Gasteiger partial charge is 0.382 e. The van der Waals surface area contributed by atoms with Crippen LogP contribution >= 0.6 is 0 Å². The molecule has 23 heavy (non-hydrogen) atoms. The second kappa shape index (κ2) is 5.53. The lowest BCUT2D eigenvalue weighted by molar-refractivity contribution is -0.125. The van der Waals surface area contributed by atoms with Crippen molar-refractivity contribution in [1.82, 2.24) is 15.2 Å². The molecule has 3 heterocycles. The summed E-state index contributed by atoms with van der Waals surface area (Å²) in [5.41, 5.74) is 3.28. The van der Waals surface area contributed by atoms with E-state index in [1.54, 1.807) is 18.6 Å². The Bertz CT molecular complexity index is 888. The Morgan fingerprint density at radius 3 is 3.00 bits per heavy atom. The maximum absolute atomic E-state index is 12.3. The molecule has 7 heteroatoms. The molecular weight excluding hydrogens is 294 g/mol. The van der Waals surface area contributed by atoms with E-state index in [2.05, 4.69) is 25.7 Å². The molecule has 0 bridgehead atoms. The summed E-state index contributed by atoms with van der Waals surface area (Å²) in [6.07, 6.45) is 4.89. The number of oxime groups is 1. The molecule has 1 aliphatic heterocycles. The summed E-state index contributed by atoms with van der Waals surface area (Å²) in [7, 11) is 0. The molecule has 0 saturated heterocycles. The highest BCUT2D eigenvalue weighted by Gasteiger charge is 2.28. The van der Waals surface area contributed by atoms with Gasteiger partial charge in [-0.1, -0.05) is 5.16 Å². The molecule has 1 unspecified atom stereocenters. The fourth-order valence-electron chi connectivity index (χ4n) is 2.48. The minimum atomic E-state index is -0.627. The normalized spacial score (nSPS) is 16.9. The smallest absolute Gasteiger partial charge is 0.268 e. The van der Waals surface area contributed by atoms with Crippen molar-refractivity contribution in [3.63, 3.8) is 0 Å². The highest BCUT2D eigenvalue weighted by atomic mass is 16.6. The molecule has 1 aromatic carbocycles. The minimum absolute atomic E-state index is 0.222. The van der Waals surface area contributed by atoms with Gasteiger partial charge in [0.1, 0.15) is 0 Å². The number of amides is 1. The number of carbonyl (C=O) groups is 1. The molecular formula is C16H13N5O2. The van der Waals surface area contributed by atoms with E-state index >= 15 is 0 Å². The third kappa shape index (κ3) is 2.64. The number of carbonyl (C=O) groups excluding carboxylic acids is 1. The molecule has 1 atom stereocenters. The second-order valence-electron chi connectivity index (χ2n) is 5.23. The number of nitrogens with one attached hydrogen (secondary N) is 2. The van der Waals surface area contributed by atoms with Crippen LogP contribution in [0.5, 0.6) is 0 Å². The van der Waals surface area contributed by atoms with Crippen molar-refractivity contribution in [2.75, 3.05) is 5.32 Å². The number of aromatic amines is 1. The zero-order valence-corrected chi connectivity index (χ0v) is 12.1. The van der Waals surface area contributed by atoms with Crippen LogP contribution < -0.4 is 5.32 Å². The molecule has 0 saturated carbocycles. The Hall–Kier alpha value is -3.22. The Kier molecular flexibility index (Phi) is 3.23. The number of fused-ring (bicyclic) bond motifs is 1. The number of H-pyrrole nitrogens is 1. The number of pyridine rings is 1. The van der Waals surface area contributed by atoms with E-state index in [4.69, 9.17) is 4.84 Å². The fraction of sp³-hybridized carbons (Fsp3) is 0.125. The zero-order valence-electron chi connectivity index (χ0n) is 12.1. The van der Waals surface area contributed by atoms with Crippen molar-refractivity contribution >= 4 is 28.2 Å². The first-order chi connectivity index (χ1) is 11.3. The van der Waals surface area contributed by atoms with Crippen molar-refractivity contribution in [1.29, 1.82) is 0 Å². The molecule has 7 nitrogen and oxygen atoms in total.